The van der Waals surface area contributed by atoms with Crippen LogP contribution in [0.25, 0.3) is 0 Å². The van der Waals surface area contributed by atoms with Gasteiger partial charge in [0.05, 0.1) is 6.61 Å². The minimum absolute atomic E-state index is 0.399. The fourth-order valence-electron chi connectivity index (χ4n) is 2.30. The maximum Gasteiger partial charge on any atom is 0.123 e. The molecule has 1 atom stereocenters. The molecule has 0 radical (unpaired) electrons. The van der Waals surface area contributed by atoms with E-state index in [4.69, 9.17) is 4.74 Å². The third-order valence-corrected chi connectivity index (χ3v) is 3.15. The van der Waals surface area contributed by atoms with E-state index in [9.17, 15) is 0 Å². The zero-order valence-corrected chi connectivity index (χ0v) is 9.31. The van der Waals surface area contributed by atoms with Crippen molar-refractivity contribution < 1.29 is 4.74 Å². The van der Waals surface area contributed by atoms with E-state index in [0.29, 0.717) is 5.92 Å². The zero-order valence-electron chi connectivity index (χ0n) is 9.31. The van der Waals surface area contributed by atoms with Crippen molar-refractivity contribution in [3.63, 3.8) is 0 Å². The van der Waals surface area contributed by atoms with Gasteiger partial charge in [0, 0.05) is 11.5 Å². The molecule has 1 aliphatic rings. The number of hydrogen-bond acceptors (Lipinski definition) is 1. The summed E-state index contributed by atoms with van der Waals surface area (Å²) in [5, 5.41) is 0. The molecule has 1 unspecified atom stereocenters. The first-order chi connectivity index (χ1) is 7.84. The van der Waals surface area contributed by atoms with Crippen molar-refractivity contribution in [2.45, 2.75) is 12.8 Å². The molecule has 1 aliphatic heterocycles. The Morgan fingerprint density at radius 1 is 1.06 bits per heavy atom. The van der Waals surface area contributed by atoms with Gasteiger partial charge in [-0.2, -0.15) is 0 Å². The number of ether oxygens (including phenoxy) is 1. The molecular formula is C15H14O. The molecule has 1 heteroatoms. The van der Waals surface area contributed by atoms with Crippen LogP contribution in [0.15, 0.2) is 48.5 Å². The van der Waals surface area contributed by atoms with Gasteiger partial charge in [0.25, 0.3) is 0 Å². The predicted octanol–water partition coefficient (Wildman–Crippen LogP) is 3.52. The number of aryl methyl sites for hydroxylation is 1. The van der Waals surface area contributed by atoms with Crippen LogP contribution in [0.5, 0.6) is 5.75 Å². The second kappa shape index (κ2) is 3.67. The van der Waals surface area contributed by atoms with Crippen LogP contribution in [-0.4, -0.2) is 6.61 Å². The molecule has 3 rings (SSSR count). The number of rotatable bonds is 1. The summed E-state index contributed by atoms with van der Waals surface area (Å²) in [5.74, 6) is 1.44. The van der Waals surface area contributed by atoms with E-state index in [1.165, 1.54) is 16.7 Å². The quantitative estimate of drug-likeness (QED) is 0.699. The maximum atomic E-state index is 5.72. The standard InChI is InChI=1S/C15H14O/c1-11-7-8-15-13(9-11)14(10-16-15)12-5-3-2-4-6-12/h2-9,14H,10H2,1H3. The minimum atomic E-state index is 0.399. The summed E-state index contributed by atoms with van der Waals surface area (Å²) in [4.78, 5) is 0. The highest BCUT2D eigenvalue weighted by molar-refractivity contribution is 5.47. The maximum absolute atomic E-state index is 5.72. The third kappa shape index (κ3) is 1.49. The summed E-state index contributed by atoms with van der Waals surface area (Å²) in [6, 6.07) is 17.0. The Hall–Kier alpha value is -1.76. The van der Waals surface area contributed by atoms with Crippen molar-refractivity contribution in [3.05, 3.63) is 65.2 Å². The van der Waals surface area contributed by atoms with Gasteiger partial charge in [-0.1, -0.05) is 48.0 Å². The Labute approximate surface area is 95.7 Å². The average molecular weight is 210 g/mol. The first-order valence-corrected chi connectivity index (χ1v) is 5.63. The summed E-state index contributed by atoms with van der Waals surface area (Å²) in [5.41, 5.74) is 3.96. The van der Waals surface area contributed by atoms with Gasteiger partial charge >= 0.3 is 0 Å². The van der Waals surface area contributed by atoms with Gasteiger partial charge in [-0.25, -0.2) is 0 Å². The van der Waals surface area contributed by atoms with Crippen molar-refractivity contribution in [2.75, 3.05) is 6.61 Å². The first-order valence-electron chi connectivity index (χ1n) is 5.63. The van der Waals surface area contributed by atoms with Gasteiger partial charge in [-0.15, -0.1) is 0 Å². The van der Waals surface area contributed by atoms with Gasteiger partial charge in [-0.05, 0) is 18.6 Å². The molecule has 0 amide bonds. The largest absolute Gasteiger partial charge is 0.492 e. The highest BCUT2D eigenvalue weighted by Gasteiger charge is 2.25. The van der Waals surface area contributed by atoms with Crippen molar-refractivity contribution in [3.8, 4) is 5.75 Å². The Balaban J connectivity index is 2.06. The summed E-state index contributed by atoms with van der Waals surface area (Å²) in [6.45, 7) is 2.89. The lowest BCUT2D eigenvalue weighted by molar-refractivity contribution is 0.343. The average Bonchev–Trinajstić information content (AvgIpc) is 2.73. The molecule has 2 aromatic carbocycles. The summed E-state index contributed by atoms with van der Waals surface area (Å²) >= 11 is 0. The SMILES string of the molecule is Cc1ccc2c(c1)C(c1ccccc1)CO2. The molecule has 0 N–H and O–H groups in total. The van der Waals surface area contributed by atoms with Gasteiger partial charge in [0.1, 0.15) is 5.75 Å². The Bertz CT molecular complexity index is 502. The fourth-order valence-corrected chi connectivity index (χ4v) is 2.30. The lowest BCUT2D eigenvalue weighted by atomic mass is 9.92. The second-order valence-electron chi connectivity index (χ2n) is 4.32. The number of fused-ring (bicyclic) bond motifs is 1. The van der Waals surface area contributed by atoms with Crippen LogP contribution in [0, 0.1) is 6.92 Å². The Morgan fingerprint density at radius 3 is 2.69 bits per heavy atom. The normalized spacial score (nSPS) is 17.9. The molecule has 2 aromatic rings. The van der Waals surface area contributed by atoms with Crippen molar-refractivity contribution in [1.82, 2.24) is 0 Å². The predicted molar refractivity (Wildman–Crippen MR) is 65.0 cm³/mol. The molecule has 16 heavy (non-hydrogen) atoms. The lowest BCUT2D eigenvalue weighted by Gasteiger charge is -2.09. The number of benzene rings is 2. The molecule has 1 heterocycles. The Kier molecular flexibility index (Phi) is 2.17. The minimum Gasteiger partial charge on any atom is -0.492 e. The number of hydrogen-bond donors (Lipinski definition) is 0. The van der Waals surface area contributed by atoms with E-state index in [1.807, 2.05) is 0 Å². The van der Waals surface area contributed by atoms with Crippen LogP contribution in [0.2, 0.25) is 0 Å². The molecule has 0 aliphatic carbocycles. The van der Waals surface area contributed by atoms with Crippen LogP contribution >= 0.6 is 0 Å². The fraction of sp³-hybridized carbons (Fsp3) is 0.200. The Morgan fingerprint density at radius 2 is 1.88 bits per heavy atom. The topological polar surface area (TPSA) is 9.23 Å². The lowest BCUT2D eigenvalue weighted by Crippen LogP contribution is -2.01. The van der Waals surface area contributed by atoms with Crippen LogP contribution in [0.3, 0.4) is 0 Å². The third-order valence-electron chi connectivity index (χ3n) is 3.15. The summed E-state index contributed by atoms with van der Waals surface area (Å²) in [7, 11) is 0. The van der Waals surface area contributed by atoms with Gasteiger partial charge in [0.2, 0.25) is 0 Å². The van der Waals surface area contributed by atoms with Crippen molar-refractivity contribution in [1.29, 1.82) is 0 Å². The van der Waals surface area contributed by atoms with E-state index in [-0.39, 0.29) is 0 Å². The smallest absolute Gasteiger partial charge is 0.123 e. The van der Waals surface area contributed by atoms with Crippen LogP contribution in [0.4, 0.5) is 0 Å². The first kappa shape index (κ1) is 9.46. The van der Waals surface area contributed by atoms with Gasteiger partial charge in [-0.3, -0.25) is 0 Å². The molecule has 0 aromatic heterocycles. The van der Waals surface area contributed by atoms with Crippen LogP contribution < -0.4 is 4.74 Å². The molecule has 0 bridgehead atoms. The zero-order chi connectivity index (χ0) is 11.0. The van der Waals surface area contributed by atoms with E-state index >= 15 is 0 Å². The summed E-state index contributed by atoms with van der Waals surface area (Å²) < 4.78 is 5.72. The van der Waals surface area contributed by atoms with E-state index in [1.54, 1.807) is 0 Å². The molecule has 1 nitrogen and oxygen atoms in total. The molecule has 0 saturated heterocycles. The highest BCUT2D eigenvalue weighted by atomic mass is 16.5. The van der Waals surface area contributed by atoms with Crippen LogP contribution in [-0.2, 0) is 0 Å². The van der Waals surface area contributed by atoms with E-state index < -0.39 is 0 Å². The van der Waals surface area contributed by atoms with Gasteiger partial charge < -0.3 is 4.74 Å². The van der Waals surface area contributed by atoms with Gasteiger partial charge in [0.15, 0.2) is 0 Å². The highest BCUT2D eigenvalue weighted by Crippen LogP contribution is 2.38. The molecule has 0 fully saturated rings. The van der Waals surface area contributed by atoms with E-state index in [2.05, 4.69) is 55.5 Å². The van der Waals surface area contributed by atoms with Crippen molar-refractivity contribution >= 4 is 0 Å². The molecule has 80 valence electrons. The summed E-state index contributed by atoms with van der Waals surface area (Å²) in [6.07, 6.45) is 0. The monoisotopic (exact) mass is 210 g/mol. The van der Waals surface area contributed by atoms with E-state index in [0.717, 1.165) is 12.4 Å². The molecule has 0 spiro atoms. The van der Waals surface area contributed by atoms with Crippen LogP contribution in [0.1, 0.15) is 22.6 Å². The molecular weight excluding hydrogens is 196 g/mol. The molecule has 0 saturated carbocycles. The van der Waals surface area contributed by atoms with Crippen molar-refractivity contribution in [2.24, 2.45) is 0 Å². The second-order valence-corrected chi connectivity index (χ2v) is 4.32.